The highest BCUT2D eigenvalue weighted by atomic mass is 15.1. The highest BCUT2D eigenvalue weighted by Gasteiger charge is 2.24. The van der Waals surface area contributed by atoms with Crippen molar-refractivity contribution in [3.8, 4) is 72.4 Å². The number of aromatic nitrogens is 1. The summed E-state index contributed by atoms with van der Waals surface area (Å²) in [7, 11) is 0. The van der Waals surface area contributed by atoms with Crippen LogP contribution in [0.25, 0.3) is 105 Å². The van der Waals surface area contributed by atoms with Crippen molar-refractivity contribution in [3.63, 3.8) is 0 Å². The predicted molar refractivity (Wildman–Crippen MR) is 306 cm³/mol. The molecule has 0 saturated carbocycles. The van der Waals surface area contributed by atoms with E-state index in [4.69, 9.17) is 0 Å². The number of rotatable bonds is 10. The first-order chi connectivity index (χ1) is 35.7. The molecule has 0 aliphatic heterocycles. The number of hydrogen-bond acceptors (Lipinski definition) is 1. The molecule has 2 nitrogen and oxygen atoms in total. The third-order valence-electron chi connectivity index (χ3n) is 14.2. The number of anilines is 3. The first-order valence-corrected chi connectivity index (χ1v) is 24.7. The summed E-state index contributed by atoms with van der Waals surface area (Å²) in [5.41, 5.74) is 20.8. The molecule has 0 N–H and O–H groups in total. The minimum Gasteiger partial charge on any atom is -0.310 e. The summed E-state index contributed by atoms with van der Waals surface area (Å²) in [6.45, 7) is 0. The van der Waals surface area contributed by atoms with Crippen molar-refractivity contribution >= 4 is 49.6 Å². The van der Waals surface area contributed by atoms with Gasteiger partial charge in [-0.3, -0.25) is 0 Å². The van der Waals surface area contributed by atoms with Crippen LogP contribution in [0.15, 0.2) is 291 Å². The lowest BCUT2D eigenvalue weighted by Crippen LogP contribution is -2.12. The normalized spacial score (nSPS) is 11.3. The molecule has 12 aromatic carbocycles. The van der Waals surface area contributed by atoms with Gasteiger partial charge >= 0.3 is 0 Å². The van der Waals surface area contributed by atoms with Gasteiger partial charge in [0.15, 0.2) is 0 Å². The van der Waals surface area contributed by atoms with E-state index in [1.807, 2.05) is 0 Å². The Morgan fingerprint density at radius 1 is 0.250 bits per heavy atom. The molecule has 0 amide bonds. The number of nitrogens with zero attached hydrogens (tertiary/aromatic N) is 2. The fourth-order valence-electron chi connectivity index (χ4n) is 10.8. The molecular weight excluding hydrogens is 869 g/mol. The summed E-state index contributed by atoms with van der Waals surface area (Å²) in [4.78, 5) is 2.46. The van der Waals surface area contributed by atoms with Crippen molar-refractivity contribution in [2.75, 3.05) is 4.90 Å². The molecule has 0 radical (unpaired) electrons. The Hall–Kier alpha value is -9.50. The van der Waals surface area contributed by atoms with Gasteiger partial charge in [-0.05, 0) is 127 Å². The van der Waals surface area contributed by atoms with Gasteiger partial charge in [-0.25, -0.2) is 0 Å². The fraction of sp³-hybridized carbons (Fsp3) is 0. The lowest BCUT2D eigenvalue weighted by Gasteiger charge is -2.30. The molecule has 0 bridgehead atoms. The lowest BCUT2D eigenvalue weighted by atomic mass is 9.87. The Bertz CT molecular complexity index is 4050. The van der Waals surface area contributed by atoms with E-state index < -0.39 is 0 Å². The van der Waals surface area contributed by atoms with Gasteiger partial charge in [0.25, 0.3) is 0 Å². The van der Waals surface area contributed by atoms with E-state index in [0.29, 0.717) is 0 Å². The number of para-hydroxylation sites is 2. The van der Waals surface area contributed by atoms with Crippen LogP contribution in [0.3, 0.4) is 0 Å². The smallest absolute Gasteiger partial charge is 0.0547 e. The minimum absolute atomic E-state index is 1.06. The van der Waals surface area contributed by atoms with Gasteiger partial charge < -0.3 is 9.47 Å². The van der Waals surface area contributed by atoms with E-state index in [9.17, 15) is 0 Å². The Kier molecular flexibility index (Phi) is 10.9. The molecule has 13 aromatic rings. The molecule has 72 heavy (non-hydrogen) atoms. The van der Waals surface area contributed by atoms with Gasteiger partial charge in [0, 0.05) is 33.4 Å². The molecule has 0 atom stereocenters. The largest absolute Gasteiger partial charge is 0.310 e. The van der Waals surface area contributed by atoms with Crippen molar-refractivity contribution in [3.05, 3.63) is 291 Å². The zero-order valence-electron chi connectivity index (χ0n) is 39.6. The highest BCUT2D eigenvalue weighted by molar-refractivity contribution is 6.10. The summed E-state index contributed by atoms with van der Waals surface area (Å²) in [6, 6.07) is 106. The molecule has 0 spiro atoms. The van der Waals surface area contributed by atoms with E-state index >= 15 is 0 Å². The van der Waals surface area contributed by atoms with E-state index in [1.165, 1.54) is 71.5 Å². The van der Waals surface area contributed by atoms with Crippen LogP contribution in [0.5, 0.6) is 0 Å². The van der Waals surface area contributed by atoms with E-state index in [1.54, 1.807) is 0 Å². The van der Waals surface area contributed by atoms with Crippen molar-refractivity contribution in [1.29, 1.82) is 0 Å². The first kappa shape index (κ1) is 42.6. The van der Waals surface area contributed by atoms with Crippen molar-refractivity contribution in [2.45, 2.75) is 0 Å². The third-order valence-corrected chi connectivity index (χ3v) is 14.2. The minimum atomic E-state index is 1.06. The molecule has 2 heteroatoms. The summed E-state index contributed by atoms with van der Waals surface area (Å²) < 4.78 is 2.40. The average molecular weight is 917 g/mol. The molecule has 13 rings (SSSR count). The van der Waals surface area contributed by atoms with E-state index in [0.717, 1.165) is 50.6 Å². The number of hydrogen-bond donors (Lipinski definition) is 0. The maximum atomic E-state index is 2.46. The van der Waals surface area contributed by atoms with Crippen molar-refractivity contribution < 1.29 is 0 Å². The summed E-state index contributed by atoms with van der Waals surface area (Å²) in [6.07, 6.45) is 0. The quantitative estimate of drug-likeness (QED) is 0.133. The van der Waals surface area contributed by atoms with Crippen LogP contribution in [0.1, 0.15) is 0 Å². The summed E-state index contributed by atoms with van der Waals surface area (Å²) in [5.74, 6) is 0. The van der Waals surface area contributed by atoms with Gasteiger partial charge in [0.05, 0.1) is 16.7 Å². The Labute approximate surface area is 420 Å². The second kappa shape index (κ2) is 18.4. The van der Waals surface area contributed by atoms with Crippen LogP contribution < -0.4 is 4.90 Å². The zero-order valence-corrected chi connectivity index (χ0v) is 39.6. The first-order valence-electron chi connectivity index (χ1n) is 24.7. The summed E-state index contributed by atoms with van der Waals surface area (Å²) >= 11 is 0. The summed E-state index contributed by atoms with van der Waals surface area (Å²) in [5, 5.41) is 4.99. The zero-order chi connectivity index (χ0) is 47.8. The van der Waals surface area contributed by atoms with Gasteiger partial charge in [-0.1, -0.05) is 237 Å². The maximum Gasteiger partial charge on any atom is 0.0547 e. The Morgan fingerprint density at radius 3 is 1.50 bits per heavy atom. The average Bonchev–Trinajstić information content (AvgIpc) is 3.80. The van der Waals surface area contributed by atoms with Crippen molar-refractivity contribution in [2.24, 2.45) is 0 Å². The maximum absolute atomic E-state index is 2.46. The monoisotopic (exact) mass is 916 g/mol. The van der Waals surface area contributed by atoms with E-state index in [-0.39, 0.29) is 0 Å². The molecule has 0 aliphatic carbocycles. The fourth-order valence-corrected chi connectivity index (χ4v) is 10.8. The second-order valence-electron chi connectivity index (χ2n) is 18.4. The van der Waals surface area contributed by atoms with Gasteiger partial charge in [0.1, 0.15) is 0 Å². The number of fused-ring (bicyclic) bond motifs is 4. The molecular formula is C70H48N2. The van der Waals surface area contributed by atoms with Crippen molar-refractivity contribution in [1.82, 2.24) is 4.57 Å². The van der Waals surface area contributed by atoms with Crippen LogP contribution in [-0.2, 0) is 0 Å². The molecule has 0 saturated heterocycles. The molecule has 0 unspecified atom stereocenters. The Morgan fingerprint density at radius 2 is 0.736 bits per heavy atom. The topological polar surface area (TPSA) is 8.17 Å². The van der Waals surface area contributed by atoms with Crippen LogP contribution in [0.4, 0.5) is 17.1 Å². The molecule has 0 fully saturated rings. The van der Waals surface area contributed by atoms with Gasteiger partial charge in [0.2, 0.25) is 0 Å². The number of benzene rings is 12. The SMILES string of the molecule is c1ccc(-c2ccccc2-c2c(-c3ccccc3)cccc2N(c2ccc(-c3ccc(-c4cccc5ccccc45)cc3)cc2)c2cccc(-c3ccc4c5ccccc5n(-c5ccccc5)c4c3)c2)cc1. The predicted octanol–water partition coefficient (Wildman–Crippen LogP) is 19.4. The standard InChI is InChI=1S/C70H48N2/c1-4-19-51(20-5-1)62-30-12-13-32-66(62)70-63(53-21-6-2-7-22-53)34-18-36-68(70)71(58-44-41-50(42-45-58)49-37-39-54(40-38-49)61-33-17-24-52-23-10-11-29-60(52)61)59-28-16-25-55(47-59)56-43-46-65-64-31-14-15-35-67(64)72(69(65)48-56)57-26-8-3-9-27-57/h1-48H. The lowest BCUT2D eigenvalue weighted by molar-refractivity contribution is 1.18. The Balaban J connectivity index is 0.985. The molecule has 1 heterocycles. The van der Waals surface area contributed by atoms with Gasteiger partial charge in [-0.15, -0.1) is 0 Å². The van der Waals surface area contributed by atoms with Crippen LogP contribution in [0, 0.1) is 0 Å². The van der Waals surface area contributed by atoms with Gasteiger partial charge in [-0.2, -0.15) is 0 Å². The van der Waals surface area contributed by atoms with Crippen LogP contribution in [0.2, 0.25) is 0 Å². The molecule has 0 aliphatic rings. The van der Waals surface area contributed by atoms with Crippen LogP contribution in [-0.4, -0.2) is 4.57 Å². The molecule has 1 aromatic heterocycles. The molecule has 338 valence electrons. The highest BCUT2D eigenvalue weighted by Crippen LogP contribution is 2.49. The second-order valence-corrected chi connectivity index (χ2v) is 18.4. The third kappa shape index (κ3) is 7.73. The van der Waals surface area contributed by atoms with Crippen LogP contribution >= 0.6 is 0 Å². The van der Waals surface area contributed by atoms with E-state index in [2.05, 4.69) is 301 Å².